The van der Waals surface area contributed by atoms with E-state index in [2.05, 4.69) is 10.6 Å². The van der Waals surface area contributed by atoms with Crippen molar-refractivity contribution in [3.63, 3.8) is 0 Å². The number of carbonyl (C=O) groups is 2. The summed E-state index contributed by atoms with van der Waals surface area (Å²) in [4.78, 5) is 21.7. The lowest BCUT2D eigenvalue weighted by Gasteiger charge is -2.05. The molecule has 5 heteroatoms. The molecule has 5 nitrogen and oxygen atoms in total. The summed E-state index contributed by atoms with van der Waals surface area (Å²) >= 11 is 0. The number of hydrogen-bond acceptors (Lipinski definition) is 3. The molecule has 0 heterocycles. The molecule has 0 aliphatic carbocycles. The first-order valence-electron chi connectivity index (χ1n) is 5.41. The first-order valence-corrected chi connectivity index (χ1v) is 5.41. The van der Waals surface area contributed by atoms with Crippen LogP contribution in [0.4, 0.5) is 11.4 Å². The van der Waals surface area contributed by atoms with Gasteiger partial charge >= 0.3 is 5.97 Å². The molecular weight excluding hydrogens is 220 g/mol. The number of aliphatic carboxylic acids is 1. The van der Waals surface area contributed by atoms with Gasteiger partial charge in [-0.15, -0.1) is 0 Å². The van der Waals surface area contributed by atoms with Crippen molar-refractivity contribution in [3.05, 3.63) is 24.3 Å². The molecule has 1 rings (SSSR count). The highest BCUT2D eigenvalue weighted by molar-refractivity contribution is 5.91. The fourth-order valence-electron chi connectivity index (χ4n) is 1.34. The van der Waals surface area contributed by atoms with Crippen LogP contribution < -0.4 is 10.6 Å². The van der Waals surface area contributed by atoms with Crippen LogP contribution in [0.3, 0.4) is 0 Å². The summed E-state index contributed by atoms with van der Waals surface area (Å²) in [5, 5.41) is 14.1. The van der Waals surface area contributed by atoms with Gasteiger partial charge in [0, 0.05) is 31.3 Å². The Morgan fingerprint density at radius 2 is 1.71 bits per heavy atom. The molecule has 0 bridgehead atoms. The van der Waals surface area contributed by atoms with Gasteiger partial charge in [-0.2, -0.15) is 0 Å². The van der Waals surface area contributed by atoms with Crippen LogP contribution in [0.1, 0.15) is 19.3 Å². The van der Waals surface area contributed by atoms with Crippen molar-refractivity contribution in [3.8, 4) is 0 Å². The highest BCUT2D eigenvalue weighted by atomic mass is 16.4. The quantitative estimate of drug-likeness (QED) is 0.705. The predicted octanol–water partition coefficient (Wildman–Crippen LogP) is 1.92. The monoisotopic (exact) mass is 236 g/mol. The molecule has 0 unspecified atom stereocenters. The van der Waals surface area contributed by atoms with Gasteiger partial charge in [0.05, 0.1) is 0 Å². The van der Waals surface area contributed by atoms with Crippen LogP contribution in [0.2, 0.25) is 0 Å². The highest BCUT2D eigenvalue weighted by Gasteiger charge is 2.04. The van der Waals surface area contributed by atoms with Gasteiger partial charge in [0.1, 0.15) is 0 Å². The molecule has 0 aromatic heterocycles. The normalized spacial score (nSPS) is 9.71. The van der Waals surface area contributed by atoms with Gasteiger partial charge in [0.2, 0.25) is 5.91 Å². The summed E-state index contributed by atoms with van der Waals surface area (Å²) in [6.45, 7) is 0. The minimum atomic E-state index is -0.879. The first kappa shape index (κ1) is 13.0. The third-order valence-corrected chi connectivity index (χ3v) is 2.25. The van der Waals surface area contributed by atoms with Crippen LogP contribution in [0, 0.1) is 0 Å². The number of anilines is 2. The van der Waals surface area contributed by atoms with Gasteiger partial charge in [-0.3, -0.25) is 9.59 Å². The van der Waals surface area contributed by atoms with E-state index >= 15 is 0 Å². The van der Waals surface area contributed by atoms with Gasteiger partial charge in [-0.25, -0.2) is 0 Å². The maximum atomic E-state index is 11.4. The number of nitrogens with one attached hydrogen (secondary N) is 2. The maximum Gasteiger partial charge on any atom is 0.303 e. The fraction of sp³-hybridized carbons (Fsp3) is 0.333. The predicted molar refractivity (Wildman–Crippen MR) is 66.1 cm³/mol. The summed E-state index contributed by atoms with van der Waals surface area (Å²) in [5.41, 5.74) is 1.68. The minimum absolute atomic E-state index is 0.0200. The van der Waals surface area contributed by atoms with Crippen molar-refractivity contribution < 1.29 is 14.7 Å². The average molecular weight is 236 g/mol. The zero-order valence-corrected chi connectivity index (χ0v) is 9.69. The molecule has 1 aromatic rings. The summed E-state index contributed by atoms with van der Waals surface area (Å²) in [5.74, 6) is -1.04. The number of carbonyl (C=O) groups excluding carboxylic acids is 1. The van der Waals surface area contributed by atoms with Gasteiger partial charge in [-0.1, -0.05) is 0 Å². The Labute approximate surface area is 99.8 Å². The summed E-state index contributed by atoms with van der Waals surface area (Å²) < 4.78 is 0. The van der Waals surface area contributed by atoms with Crippen molar-refractivity contribution in [2.24, 2.45) is 0 Å². The Hall–Kier alpha value is -2.04. The second-order valence-electron chi connectivity index (χ2n) is 3.62. The third-order valence-electron chi connectivity index (χ3n) is 2.25. The van der Waals surface area contributed by atoms with Gasteiger partial charge in [0.15, 0.2) is 0 Å². The van der Waals surface area contributed by atoms with E-state index < -0.39 is 5.97 Å². The molecule has 0 saturated heterocycles. The van der Waals surface area contributed by atoms with E-state index in [9.17, 15) is 9.59 Å². The van der Waals surface area contributed by atoms with Crippen LogP contribution >= 0.6 is 0 Å². The van der Waals surface area contributed by atoms with Crippen molar-refractivity contribution in [2.45, 2.75) is 19.3 Å². The second kappa shape index (κ2) is 6.52. The molecule has 0 aliphatic heterocycles. The van der Waals surface area contributed by atoms with Gasteiger partial charge in [-0.05, 0) is 30.7 Å². The van der Waals surface area contributed by atoms with Crippen molar-refractivity contribution in [2.75, 3.05) is 17.7 Å². The zero-order valence-electron chi connectivity index (χ0n) is 9.69. The smallest absolute Gasteiger partial charge is 0.303 e. The van der Waals surface area contributed by atoms with Gasteiger partial charge < -0.3 is 15.7 Å². The molecular formula is C12H16N2O3. The fourth-order valence-corrected chi connectivity index (χ4v) is 1.34. The standard InChI is InChI=1S/C12H16N2O3/c1-13-9-5-7-10(8-6-9)14-11(15)3-2-4-12(16)17/h5-8,13H,2-4H2,1H3,(H,14,15)(H,16,17). The lowest BCUT2D eigenvalue weighted by atomic mass is 10.2. The molecule has 1 amide bonds. The molecule has 0 fully saturated rings. The molecule has 92 valence electrons. The Kier molecular flexibility index (Phi) is 5.00. The third kappa shape index (κ3) is 5.01. The molecule has 0 spiro atoms. The van der Waals surface area contributed by atoms with E-state index in [0.29, 0.717) is 12.1 Å². The van der Waals surface area contributed by atoms with Crippen molar-refractivity contribution >= 4 is 23.3 Å². The van der Waals surface area contributed by atoms with E-state index in [-0.39, 0.29) is 18.7 Å². The minimum Gasteiger partial charge on any atom is -0.481 e. The molecule has 0 saturated carbocycles. The number of benzene rings is 1. The lowest BCUT2D eigenvalue weighted by molar-refractivity contribution is -0.137. The Balaban J connectivity index is 2.37. The first-order chi connectivity index (χ1) is 8.11. The number of carboxylic acids is 1. The van der Waals surface area contributed by atoms with E-state index in [1.54, 1.807) is 12.1 Å². The molecule has 3 N–H and O–H groups in total. The van der Waals surface area contributed by atoms with Crippen LogP contribution in [0.25, 0.3) is 0 Å². The van der Waals surface area contributed by atoms with E-state index in [4.69, 9.17) is 5.11 Å². The highest BCUT2D eigenvalue weighted by Crippen LogP contribution is 2.13. The Morgan fingerprint density at radius 3 is 2.24 bits per heavy atom. The SMILES string of the molecule is CNc1ccc(NC(=O)CCCC(=O)O)cc1. The number of amides is 1. The molecule has 0 aliphatic rings. The van der Waals surface area contributed by atoms with E-state index in [0.717, 1.165) is 5.69 Å². The molecule has 0 radical (unpaired) electrons. The largest absolute Gasteiger partial charge is 0.481 e. The maximum absolute atomic E-state index is 11.4. The molecule has 17 heavy (non-hydrogen) atoms. The number of carboxylic acid groups (broad SMARTS) is 1. The summed E-state index contributed by atoms with van der Waals surface area (Å²) in [7, 11) is 1.82. The second-order valence-corrected chi connectivity index (χ2v) is 3.62. The number of hydrogen-bond donors (Lipinski definition) is 3. The summed E-state index contributed by atoms with van der Waals surface area (Å²) in [6, 6.07) is 7.29. The molecule has 1 aromatic carbocycles. The van der Waals surface area contributed by atoms with E-state index in [1.807, 2.05) is 19.2 Å². The number of rotatable bonds is 6. The Bertz CT molecular complexity index is 387. The zero-order chi connectivity index (χ0) is 12.7. The van der Waals surface area contributed by atoms with Crippen LogP contribution in [-0.2, 0) is 9.59 Å². The summed E-state index contributed by atoms with van der Waals surface area (Å²) in [6.07, 6.45) is 0.599. The van der Waals surface area contributed by atoms with Crippen LogP contribution in [0.5, 0.6) is 0 Å². The topological polar surface area (TPSA) is 78.4 Å². The van der Waals surface area contributed by atoms with Crippen molar-refractivity contribution in [1.82, 2.24) is 0 Å². The molecule has 0 atom stereocenters. The van der Waals surface area contributed by atoms with Crippen LogP contribution in [-0.4, -0.2) is 24.0 Å². The Morgan fingerprint density at radius 1 is 1.12 bits per heavy atom. The van der Waals surface area contributed by atoms with Gasteiger partial charge in [0.25, 0.3) is 0 Å². The average Bonchev–Trinajstić information content (AvgIpc) is 2.29. The van der Waals surface area contributed by atoms with Crippen molar-refractivity contribution in [1.29, 1.82) is 0 Å². The van der Waals surface area contributed by atoms with E-state index in [1.165, 1.54) is 0 Å². The lowest BCUT2D eigenvalue weighted by Crippen LogP contribution is -2.11. The van der Waals surface area contributed by atoms with Crippen LogP contribution in [0.15, 0.2) is 24.3 Å².